The van der Waals surface area contributed by atoms with Gasteiger partial charge in [0, 0.05) is 18.5 Å². The Morgan fingerprint density at radius 1 is 1.33 bits per heavy atom. The molecule has 0 aromatic carbocycles. The van der Waals surface area contributed by atoms with Crippen LogP contribution >= 0.6 is 0 Å². The van der Waals surface area contributed by atoms with E-state index in [-0.39, 0.29) is 11.4 Å². The average molecular weight is 250 g/mol. The normalized spacial score (nSPS) is 16.6. The van der Waals surface area contributed by atoms with Gasteiger partial charge in [0.2, 0.25) is 5.91 Å². The Labute approximate surface area is 108 Å². The number of nitrogens with one attached hydrogen (secondary N) is 1. The molecule has 2 heterocycles. The summed E-state index contributed by atoms with van der Waals surface area (Å²) < 4.78 is 5.73. The van der Waals surface area contributed by atoms with Crippen molar-refractivity contribution in [3.63, 3.8) is 0 Å². The average Bonchev–Trinajstić information content (AvgIpc) is 2.86. The molecule has 0 atom stereocenters. The molecule has 1 aromatic rings. The molecule has 1 aliphatic rings. The maximum absolute atomic E-state index is 11.5. The molecule has 0 bridgehead atoms. The number of likely N-dealkylation sites (tertiary alicyclic amines) is 1. The number of hydrogen-bond acceptors (Lipinski definition) is 3. The van der Waals surface area contributed by atoms with E-state index in [0.29, 0.717) is 13.0 Å². The number of nitrogens with zero attached hydrogens (tertiary/aromatic N) is 1. The van der Waals surface area contributed by atoms with Crippen LogP contribution in [0, 0.1) is 0 Å². The smallest absolute Gasteiger partial charge is 0.223 e. The molecule has 0 radical (unpaired) electrons. The second-order valence-corrected chi connectivity index (χ2v) is 5.89. The zero-order valence-corrected chi connectivity index (χ0v) is 11.5. The second-order valence-electron chi connectivity index (χ2n) is 5.89. The zero-order valence-electron chi connectivity index (χ0n) is 11.5. The minimum atomic E-state index is 0.0812. The number of furan rings is 1. The van der Waals surface area contributed by atoms with Crippen molar-refractivity contribution in [2.45, 2.75) is 52.2 Å². The molecule has 1 amide bonds. The lowest BCUT2D eigenvalue weighted by Crippen LogP contribution is -2.34. The van der Waals surface area contributed by atoms with Crippen molar-refractivity contribution in [3.05, 3.63) is 23.7 Å². The molecule has 1 aliphatic heterocycles. The van der Waals surface area contributed by atoms with Gasteiger partial charge in [0.15, 0.2) is 0 Å². The van der Waals surface area contributed by atoms with E-state index in [1.54, 1.807) is 0 Å². The quantitative estimate of drug-likeness (QED) is 0.891. The van der Waals surface area contributed by atoms with E-state index < -0.39 is 0 Å². The SMILES string of the molecule is CC(C)(C)NCc1ccc(CN2CCCC2=O)o1. The first-order chi connectivity index (χ1) is 8.44. The summed E-state index contributed by atoms with van der Waals surface area (Å²) in [7, 11) is 0. The molecule has 2 rings (SSSR count). The standard InChI is InChI=1S/C14H22N2O2/c1-14(2,3)15-9-11-6-7-12(18-11)10-16-8-4-5-13(16)17/h6-7,15H,4-5,8-10H2,1-3H3. The molecule has 0 unspecified atom stereocenters. The summed E-state index contributed by atoms with van der Waals surface area (Å²) in [6.07, 6.45) is 1.65. The van der Waals surface area contributed by atoms with Gasteiger partial charge in [-0.1, -0.05) is 0 Å². The van der Waals surface area contributed by atoms with Gasteiger partial charge in [-0.3, -0.25) is 4.79 Å². The van der Waals surface area contributed by atoms with E-state index in [1.165, 1.54) is 0 Å². The van der Waals surface area contributed by atoms with Crippen LogP contribution in [0.2, 0.25) is 0 Å². The predicted octanol–water partition coefficient (Wildman–Crippen LogP) is 2.29. The molecule has 0 saturated carbocycles. The highest BCUT2D eigenvalue weighted by atomic mass is 16.3. The van der Waals surface area contributed by atoms with E-state index in [9.17, 15) is 4.79 Å². The monoisotopic (exact) mass is 250 g/mol. The van der Waals surface area contributed by atoms with Crippen LogP contribution in [0.5, 0.6) is 0 Å². The van der Waals surface area contributed by atoms with Gasteiger partial charge in [-0.05, 0) is 39.3 Å². The summed E-state index contributed by atoms with van der Waals surface area (Å²) in [6, 6.07) is 3.94. The summed E-state index contributed by atoms with van der Waals surface area (Å²) in [4.78, 5) is 13.4. The Morgan fingerprint density at radius 2 is 2.06 bits per heavy atom. The van der Waals surface area contributed by atoms with Crippen LogP contribution in [0.4, 0.5) is 0 Å². The van der Waals surface area contributed by atoms with Gasteiger partial charge in [0.1, 0.15) is 11.5 Å². The van der Waals surface area contributed by atoms with Gasteiger partial charge in [0.05, 0.1) is 13.1 Å². The summed E-state index contributed by atoms with van der Waals surface area (Å²) >= 11 is 0. The number of carbonyl (C=O) groups is 1. The van der Waals surface area contributed by atoms with Crippen LogP contribution in [0.3, 0.4) is 0 Å². The van der Waals surface area contributed by atoms with Crippen molar-refractivity contribution in [2.24, 2.45) is 0 Å². The van der Waals surface area contributed by atoms with Crippen LogP contribution in [0.1, 0.15) is 45.1 Å². The van der Waals surface area contributed by atoms with Gasteiger partial charge >= 0.3 is 0 Å². The summed E-state index contributed by atoms with van der Waals surface area (Å²) in [6.45, 7) is 8.56. The topological polar surface area (TPSA) is 45.5 Å². The Morgan fingerprint density at radius 3 is 2.67 bits per heavy atom. The van der Waals surface area contributed by atoms with Crippen molar-refractivity contribution in [1.29, 1.82) is 0 Å². The maximum Gasteiger partial charge on any atom is 0.223 e. The van der Waals surface area contributed by atoms with Crippen LogP contribution in [0.25, 0.3) is 0 Å². The summed E-state index contributed by atoms with van der Waals surface area (Å²) in [5.74, 6) is 2.03. The van der Waals surface area contributed by atoms with E-state index in [1.807, 2.05) is 17.0 Å². The molecule has 1 fully saturated rings. The van der Waals surface area contributed by atoms with E-state index in [0.717, 1.165) is 31.0 Å². The predicted molar refractivity (Wildman–Crippen MR) is 70.0 cm³/mol. The Hall–Kier alpha value is -1.29. The van der Waals surface area contributed by atoms with E-state index >= 15 is 0 Å². The molecule has 0 aliphatic carbocycles. The zero-order chi connectivity index (χ0) is 13.2. The fourth-order valence-electron chi connectivity index (χ4n) is 2.01. The Balaban J connectivity index is 1.88. The third-order valence-electron chi connectivity index (χ3n) is 3.03. The minimum Gasteiger partial charge on any atom is -0.463 e. The lowest BCUT2D eigenvalue weighted by molar-refractivity contribution is -0.128. The van der Waals surface area contributed by atoms with Gasteiger partial charge in [-0.2, -0.15) is 0 Å². The molecular weight excluding hydrogens is 228 g/mol. The summed E-state index contributed by atoms with van der Waals surface area (Å²) in [5.41, 5.74) is 0.0812. The van der Waals surface area contributed by atoms with Crippen molar-refractivity contribution >= 4 is 5.91 Å². The number of hydrogen-bond donors (Lipinski definition) is 1. The molecule has 100 valence electrons. The first kappa shape index (κ1) is 13.1. The van der Waals surface area contributed by atoms with Gasteiger partial charge in [0.25, 0.3) is 0 Å². The molecule has 4 nitrogen and oxygen atoms in total. The van der Waals surface area contributed by atoms with Crippen molar-refractivity contribution in [3.8, 4) is 0 Å². The molecule has 1 N–H and O–H groups in total. The number of amides is 1. The van der Waals surface area contributed by atoms with E-state index in [2.05, 4.69) is 26.1 Å². The van der Waals surface area contributed by atoms with Crippen LogP contribution in [-0.2, 0) is 17.9 Å². The third kappa shape index (κ3) is 3.60. The van der Waals surface area contributed by atoms with Crippen LogP contribution < -0.4 is 5.32 Å². The highest BCUT2D eigenvalue weighted by molar-refractivity contribution is 5.77. The lowest BCUT2D eigenvalue weighted by Gasteiger charge is -2.19. The molecule has 0 spiro atoms. The molecule has 4 heteroatoms. The number of carbonyl (C=O) groups excluding carboxylic acids is 1. The van der Waals surface area contributed by atoms with Crippen molar-refractivity contribution in [1.82, 2.24) is 10.2 Å². The van der Waals surface area contributed by atoms with Gasteiger partial charge < -0.3 is 14.6 Å². The van der Waals surface area contributed by atoms with Crippen molar-refractivity contribution < 1.29 is 9.21 Å². The van der Waals surface area contributed by atoms with Gasteiger partial charge in [-0.25, -0.2) is 0 Å². The van der Waals surface area contributed by atoms with Crippen molar-refractivity contribution in [2.75, 3.05) is 6.54 Å². The first-order valence-corrected chi connectivity index (χ1v) is 6.54. The van der Waals surface area contributed by atoms with E-state index in [4.69, 9.17) is 4.42 Å². The summed E-state index contributed by atoms with van der Waals surface area (Å²) in [5, 5.41) is 3.38. The minimum absolute atomic E-state index is 0.0812. The molecule has 1 saturated heterocycles. The fourth-order valence-corrected chi connectivity index (χ4v) is 2.01. The maximum atomic E-state index is 11.5. The highest BCUT2D eigenvalue weighted by Crippen LogP contribution is 2.16. The van der Waals surface area contributed by atoms with Crippen LogP contribution in [0.15, 0.2) is 16.5 Å². The molecular formula is C14H22N2O2. The van der Waals surface area contributed by atoms with Gasteiger partial charge in [-0.15, -0.1) is 0 Å². The highest BCUT2D eigenvalue weighted by Gasteiger charge is 2.21. The fraction of sp³-hybridized carbons (Fsp3) is 0.643. The Kier molecular flexibility index (Phi) is 3.76. The second kappa shape index (κ2) is 5.14. The number of rotatable bonds is 4. The van der Waals surface area contributed by atoms with Crippen LogP contribution in [-0.4, -0.2) is 22.9 Å². The lowest BCUT2D eigenvalue weighted by atomic mass is 10.1. The molecule has 18 heavy (non-hydrogen) atoms. The largest absolute Gasteiger partial charge is 0.463 e. The first-order valence-electron chi connectivity index (χ1n) is 6.54. The Bertz CT molecular complexity index is 418. The third-order valence-corrected chi connectivity index (χ3v) is 3.03. The molecule has 1 aromatic heterocycles.